The van der Waals surface area contributed by atoms with E-state index in [-0.39, 0.29) is 10.5 Å². The number of aryl methyl sites for hydroxylation is 1. The molecule has 3 rings (SSSR count). The van der Waals surface area contributed by atoms with E-state index >= 15 is 0 Å². The lowest BCUT2D eigenvalue weighted by Gasteiger charge is -2.36. The molecule has 1 unspecified atom stereocenters. The number of hydrogen-bond acceptors (Lipinski definition) is 5. The van der Waals surface area contributed by atoms with Crippen molar-refractivity contribution in [1.82, 2.24) is 9.78 Å². The molecule has 2 heterocycles. The Morgan fingerprint density at radius 3 is 2.83 bits per heavy atom. The number of benzene rings is 1. The van der Waals surface area contributed by atoms with Gasteiger partial charge in [0.25, 0.3) is 0 Å². The summed E-state index contributed by atoms with van der Waals surface area (Å²) in [4.78, 5) is 0. The third kappa shape index (κ3) is 3.68. The maximum Gasteiger partial charge on any atom is 0.219 e. The molecule has 124 valence electrons. The second kappa shape index (κ2) is 7.16. The number of para-hydroxylation sites is 1. The van der Waals surface area contributed by atoms with Gasteiger partial charge in [-0.2, -0.15) is 5.10 Å². The zero-order valence-corrected chi connectivity index (χ0v) is 14.8. The Morgan fingerprint density at radius 2 is 2.13 bits per heavy atom. The Morgan fingerprint density at radius 1 is 1.39 bits per heavy atom. The van der Waals surface area contributed by atoms with Crippen molar-refractivity contribution in [3.63, 3.8) is 0 Å². The van der Waals surface area contributed by atoms with Gasteiger partial charge in [-0.15, -0.1) is 0 Å². The Balaban J connectivity index is 1.81. The summed E-state index contributed by atoms with van der Waals surface area (Å²) < 4.78 is 13.2. The van der Waals surface area contributed by atoms with Crippen LogP contribution in [0.1, 0.15) is 12.1 Å². The van der Waals surface area contributed by atoms with E-state index in [1.165, 1.54) is 0 Å². The Kier molecular flexibility index (Phi) is 5.20. The maximum atomic E-state index is 10.1. The quantitative estimate of drug-likeness (QED) is 0.572. The van der Waals surface area contributed by atoms with E-state index in [0.29, 0.717) is 12.3 Å². The molecule has 1 aromatic carbocycles. The third-order valence-corrected chi connectivity index (χ3v) is 5.35. The molecule has 2 N–H and O–H groups in total. The van der Waals surface area contributed by atoms with E-state index in [2.05, 4.69) is 27.7 Å². The molecular formula is C16H19IN2O4. The summed E-state index contributed by atoms with van der Waals surface area (Å²) in [7, 11) is 0. The first-order chi connectivity index (χ1) is 11.1. The Bertz CT molecular complexity index is 649. The average Bonchev–Trinajstić information content (AvgIpc) is 2.92. The molecule has 0 spiro atoms. The van der Waals surface area contributed by atoms with Gasteiger partial charge in [-0.1, -0.05) is 40.8 Å². The smallest absolute Gasteiger partial charge is 0.219 e. The lowest BCUT2D eigenvalue weighted by atomic mass is 10.1. The van der Waals surface area contributed by atoms with Crippen molar-refractivity contribution in [2.45, 2.75) is 35.8 Å². The molecule has 23 heavy (non-hydrogen) atoms. The molecule has 1 saturated heterocycles. The monoisotopic (exact) mass is 430 g/mol. The molecule has 1 fully saturated rings. The first-order valence-electron chi connectivity index (χ1n) is 7.45. The molecule has 1 aliphatic rings. The summed E-state index contributed by atoms with van der Waals surface area (Å²) in [6.45, 7) is 1.74. The molecule has 2 aromatic rings. The predicted molar refractivity (Wildman–Crippen MR) is 93.1 cm³/mol. The molecular weight excluding hydrogens is 411 g/mol. The van der Waals surface area contributed by atoms with Gasteiger partial charge in [0.15, 0.2) is 0 Å². The number of aliphatic hydroxyl groups excluding tert-OH is 2. The van der Waals surface area contributed by atoms with Crippen LogP contribution in [0.3, 0.4) is 0 Å². The molecule has 0 bridgehead atoms. The molecule has 6 nitrogen and oxygen atoms in total. The van der Waals surface area contributed by atoms with Crippen molar-refractivity contribution in [3.8, 4) is 11.6 Å². The summed E-state index contributed by atoms with van der Waals surface area (Å²) in [5.41, 5.74) is 1.71. The van der Waals surface area contributed by atoms with E-state index < -0.39 is 18.5 Å². The summed E-state index contributed by atoms with van der Waals surface area (Å²) in [6.07, 6.45) is -1.30. The van der Waals surface area contributed by atoms with E-state index in [0.717, 1.165) is 11.4 Å². The largest absolute Gasteiger partial charge is 0.448 e. The number of nitrogens with zero attached hydrogens (tertiary/aromatic N) is 2. The molecule has 1 aliphatic heterocycles. The zero-order chi connectivity index (χ0) is 16.4. The normalized spacial score (nSPS) is 27.8. The minimum atomic E-state index is -0.619. The lowest BCUT2D eigenvalue weighted by molar-refractivity contribution is -0.180. The highest BCUT2D eigenvalue weighted by atomic mass is 127. The highest BCUT2D eigenvalue weighted by Gasteiger charge is 2.37. The van der Waals surface area contributed by atoms with Gasteiger partial charge in [-0.05, 0) is 19.1 Å². The SMILES string of the molecule is Cc1cc(OC2C[C@@H](O)[C@H](I)[C@@H](CO)O2)n(-c2ccccc2)n1. The number of alkyl halides is 1. The molecule has 0 radical (unpaired) electrons. The molecule has 7 heteroatoms. The summed E-state index contributed by atoms with van der Waals surface area (Å²) in [5, 5.41) is 23.9. The summed E-state index contributed by atoms with van der Waals surface area (Å²) >= 11 is 2.10. The van der Waals surface area contributed by atoms with Gasteiger partial charge in [-0.25, -0.2) is 4.68 Å². The van der Waals surface area contributed by atoms with Crippen molar-refractivity contribution in [1.29, 1.82) is 0 Å². The lowest BCUT2D eigenvalue weighted by Crippen LogP contribution is -2.48. The molecule has 4 atom stereocenters. The van der Waals surface area contributed by atoms with E-state index in [4.69, 9.17) is 9.47 Å². The average molecular weight is 430 g/mol. The van der Waals surface area contributed by atoms with Crippen LogP contribution in [0.2, 0.25) is 0 Å². The highest BCUT2D eigenvalue weighted by Crippen LogP contribution is 2.29. The topological polar surface area (TPSA) is 76.7 Å². The summed E-state index contributed by atoms with van der Waals surface area (Å²) in [6, 6.07) is 11.5. The second-order valence-corrected chi connectivity index (χ2v) is 6.96. The van der Waals surface area contributed by atoms with Crippen molar-refractivity contribution in [3.05, 3.63) is 42.1 Å². The van der Waals surface area contributed by atoms with Crippen molar-refractivity contribution in [2.75, 3.05) is 6.61 Å². The second-order valence-electron chi connectivity index (χ2n) is 5.52. The standard InChI is InChI=1S/C16H19IN2O4/c1-10-7-14(19(18-10)11-5-3-2-4-6-11)23-15-8-12(21)16(17)13(9-20)22-15/h2-7,12-13,15-16,20-21H,8-9H2,1H3/t12-,13-,15?,16+/m1/s1. The number of aromatic nitrogens is 2. The van der Waals surface area contributed by atoms with Gasteiger partial charge in [0.2, 0.25) is 12.2 Å². The highest BCUT2D eigenvalue weighted by molar-refractivity contribution is 14.1. The van der Waals surface area contributed by atoms with Crippen LogP contribution in [0.25, 0.3) is 5.69 Å². The maximum absolute atomic E-state index is 10.1. The molecule has 0 saturated carbocycles. The van der Waals surface area contributed by atoms with Crippen molar-refractivity contribution >= 4 is 22.6 Å². The number of ether oxygens (including phenoxy) is 2. The van der Waals surface area contributed by atoms with E-state index in [1.807, 2.05) is 43.3 Å². The minimum absolute atomic E-state index is 0.151. The van der Waals surface area contributed by atoms with Crippen molar-refractivity contribution in [2.24, 2.45) is 0 Å². The number of halogens is 1. The Hall–Kier alpha value is -1.16. The number of hydrogen-bond donors (Lipinski definition) is 2. The third-order valence-electron chi connectivity index (χ3n) is 3.72. The minimum Gasteiger partial charge on any atom is -0.448 e. The van der Waals surface area contributed by atoms with E-state index in [9.17, 15) is 10.2 Å². The predicted octanol–water partition coefficient (Wildman–Crippen LogP) is 1.83. The van der Waals surface area contributed by atoms with Crippen LogP contribution in [-0.4, -0.2) is 49.0 Å². The molecule has 0 aliphatic carbocycles. The van der Waals surface area contributed by atoms with Gasteiger partial charge in [0.05, 0.1) is 34.1 Å². The van der Waals surface area contributed by atoms with Gasteiger partial charge in [0.1, 0.15) is 0 Å². The van der Waals surface area contributed by atoms with E-state index in [1.54, 1.807) is 4.68 Å². The first-order valence-corrected chi connectivity index (χ1v) is 8.70. The first kappa shape index (κ1) is 16.7. The van der Waals surface area contributed by atoms with Gasteiger partial charge >= 0.3 is 0 Å². The zero-order valence-electron chi connectivity index (χ0n) is 12.7. The van der Waals surface area contributed by atoms with Crippen LogP contribution >= 0.6 is 22.6 Å². The fraction of sp³-hybridized carbons (Fsp3) is 0.438. The van der Waals surface area contributed by atoms with Gasteiger partial charge < -0.3 is 19.7 Å². The fourth-order valence-electron chi connectivity index (χ4n) is 2.57. The number of rotatable bonds is 4. The Labute approximate surface area is 148 Å². The van der Waals surface area contributed by atoms with Crippen molar-refractivity contribution < 1.29 is 19.7 Å². The van der Waals surface area contributed by atoms with Crippen LogP contribution in [0.5, 0.6) is 5.88 Å². The van der Waals surface area contributed by atoms with Crippen LogP contribution in [0, 0.1) is 6.92 Å². The molecule has 0 amide bonds. The van der Waals surface area contributed by atoms with Crippen LogP contribution < -0.4 is 4.74 Å². The van der Waals surface area contributed by atoms with Crippen LogP contribution in [0.15, 0.2) is 36.4 Å². The van der Waals surface area contributed by atoms with Gasteiger partial charge in [-0.3, -0.25) is 0 Å². The molecule has 1 aromatic heterocycles. The van der Waals surface area contributed by atoms with Gasteiger partial charge in [0, 0.05) is 12.5 Å². The summed E-state index contributed by atoms with van der Waals surface area (Å²) in [5.74, 6) is 0.550. The van der Waals surface area contributed by atoms with Crippen LogP contribution in [-0.2, 0) is 4.74 Å². The van der Waals surface area contributed by atoms with Crippen LogP contribution in [0.4, 0.5) is 0 Å². The fourth-order valence-corrected chi connectivity index (χ4v) is 3.26. The number of aliphatic hydroxyl groups is 2.